The Morgan fingerprint density at radius 3 is 2.50 bits per heavy atom. The topological polar surface area (TPSA) is 67.4 Å². The van der Waals surface area contributed by atoms with Crippen molar-refractivity contribution >= 4 is 17.7 Å². The van der Waals surface area contributed by atoms with E-state index in [0.717, 1.165) is 12.1 Å². The number of benzene rings is 1. The highest BCUT2D eigenvalue weighted by molar-refractivity contribution is 5.89. The van der Waals surface area contributed by atoms with Gasteiger partial charge in [-0.15, -0.1) is 0 Å². The van der Waals surface area contributed by atoms with E-state index in [2.05, 4.69) is 10.6 Å². The summed E-state index contributed by atoms with van der Waals surface area (Å²) in [6, 6.07) is 2.55. The molecule has 5 nitrogen and oxygen atoms in total. The second-order valence-corrected chi connectivity index (χ2v) is 3.89. The number of esters is 1. The minimum atomic E-state index is -0.855. The van der Waals surface area contributed by atoms with Gasteiger partial charge in [-0.25, -0.2) is 13.6 Å². The second-order valence-electron chi connectivity index (χ2n) is 3.89. The van der Waals surface area contributed by atoms with E-state index in [-0.39, 0.29) is 18.9 Å². The van der Waals surface area contributed by atoms with Crippen LogP contribution in [0.3, 0.4) is 0 Å². The Balaban J connectivity index is 2.32. The Hall–Kier alpha value is -2.18. The van der Waals surface area contributed by atoms with Crippen molar-refractivity contribution in [3.8, 4) is 0 Å². The van der Waals surface area contributed by atoms with Gasteiger partial charge in [-0.1, -0.05) is 6.07 Å². The molecule has 2 amide bonds. The zero-order chi connectivity index (χ0) is 15.0. The van der Waals surface area contributed by atoms with E-state index in [4.69, 9.17) is 4.74 Å². The van der Waals surface area contributed by atoms with Crippen LogP contribution in [0.4, 0.5) is 19.3 Å². The molecule has 2 N–H and O–H groups in total. The molecule has 1 aromatic carbocycles. The van der Waals surface area contributed by atoms with Crippen molar-refractivity contribution in [2.75, 3.05) is 18.5 Å². The first-order valence-electron chi connectivity index (χ1n) is 6.19. The Morgan fingerprint density at radius 2 is 1.90 bits per heavy atom. The fourth-order valence-electron chi connectivity index (χ4n) is 1.44. The third-order valence-corrected chi connectivity index (χ3v) is 2.35. The van der Waals surface area contributed by atoms with Gasteiger partial charge in [-0.2, -0.15) is 0 Å². The second kappa shape index (κ2) is 8.08. The predicted octanol–water partition coefficient (Wildman–Crippen LogP) is 2.43. The lowest BCUT2D eigenvalue weighted by Crippen LogP contribution is -2.30. The lowest BCUT2D eigenvalue weighted by Gasteiger charge is -2.09. The number of hydrogen-bond acceptors (Lipinski definition) is 3. The van der Waals surface area contributed by atoms with Crippen molar-refractivity contribution in [1.29, 1.82) is 0 Å². The number of halogens is 2. The lowest BCUT2D eigenvalue weighted by atomic mass is 10.3. The standard InChI is InChI=1S/C13H16F2N2O3/c1-2-20-11(18)7-4-8-16-13(19)17-12-9(14)5-3-6-10(12)15/h3,5-6H,2,4,7-8H2,1H3,(H2,16,17,19). The Labute approximate surface area is 115 Å². The number of hydrogen-bond donors (Lipinski definition) is 2. The highest BCUT2D eigenvalue weighted by atomic mass is 19.1. The van der Waals surface area contributed by atoms with E-state index in [1.807, 2.05) is 0 Å². The van der Waals surface area contributed by atoms with Crippen LogP contribution >= 0.6 is 0 Å². The van der Waals surface area contributed by atoms with Crippen molar-refractivity contribution < 1.29 is 23.1 Å². The fraction of sp³-hybridized carbons (Fsp3) is 0.385. The summed E-state index contributed by atoms with van der Waals surface area (Å²) in [5.41, 5.74) is -0.504. The molecule has 7 heteroatoms. The van der Waals surface area contributed by atoms with E-state index >= 15 is 0 Å². The molecule has 0 unspecified atom stereocenters. The van der Waals surface area contributed by atoms with Crippen LogP contribution in [0.2, 0.25) is 0 Å². The molecule has 20 heavy (non-hydrogen) atoms. The van der Waals surface area contributed by atoms with Crippen LogP contribution in [0.25, 0.3) is 0 Å². The SMILES string of the molecule is CCOC(=O)CCCNC(=O)Nc1c(F)cccc1F. The summed E-state index contributed by atoms with van der Waals surface area (Å²) in [5.74, 6) is -2.06. The number of nitrogens with one attached hydrogen (secondary N) is 2. The van der Waals surface area contributed by atoms with Gasteiger partial charge in [0.2, 0.25) is 0 Å². The van der Waals surface area contributed by atoms with E-state index in [1.54, 1.807) is 6.92 Å². The largest absolute Gasteiger partial charge is 0.466 e. The molecular weight excluding hydrogens is 270 g/mol. The van der Waals surface area contributed by atoms with E-state index in [1.165, 1.54) is 6.07 Å². The number of anilines is 1. The van der Waals surface area contributed by atoms with E-state index in [9.17, 15) is 18.4 Å². The van der Waals surface area contributed by atoms with Gasteiger partial charge in [-0.3, -0.25) is 4.79 Å². The molecule has 0 saturated heterocycles. The van der Waals surface area contributed by atoms with Crippen molar-refractivity contribution in [3.05, 3.63) is 29.8 Å². The molecule has 0 fully saturated rings. The molecule has 0 heterocycles. The summed E-state index contributed by atoms with van der Waals surface area (Å²) in [4.78, 5) is 22.4. The fourth-order valence-corrected chi connectivity index (χ4v) is 1.44. The summed E-state index contributed by atoms with van der Waals surface area (Å²) in [7, 11) is 0. The first kappa shape index (κ1) is 15.9. The van der Waals surface area contributed by atoms with Crippen LogP contribution in [0.5, 0.6) is 0 Å². The number of rotatable bonds is 6. The van der Waals surface area contributed by atoms with Crippen LogP contribution in [0.15, 0.2) is 18.2 Å². The Kier molecular flexibility index (Phi) is 6.42. The smallest absolute Gasteiger partial charge is 0.319 e. The van der Waals surface area contributed by atoms with Gasteiger partial charge >= 0.3 is 12.0 Å². The summed E-state index contributed by atoms with van der Waals surface area (Å²) in [5, 5.41) is 4.47. The molecule has 0 atom stereocenters. The van der Waals surface area contributed by atoms with Crippen molar-refractivity contribution in [3.63, 3.8) is 0 Å². The molecule has 0 radical (unpaired) electrons. The number of urea groups is 1. The third kappa shape index (κ3) is 5.21. The van der Waals surface area contributed by atoms with Crippen molar-refractivity contribution in [2.24, 2.45) is 0 Å². The molecule has 110 valence electrons. The van der Waals surface area contributed by atoms with Gasteiger partial charge in [-0.05, 0) is 25.5 Å². The first-order valence-corrected chi connectivity index (χ1v) is 6.19. The van der Waals surface area contributed by atoms with Crippen molar-refractivity contribution in [2.45, 2.75) is 19.8 Å². The summed E-state index contributed by atoms with van der Waals surface area (Å²) in [6.45, 7) is 2.20. The summed E-state index contributed by atoms with van der Waals surface area (Å²) < 4.78 is 31.2. The zero-order valence-corrected chi connectivity index (χ0v) is 11.0. The average molecular weight is 286 g/mol. The maximum Gasteiger partial charge on any atom is 0.319 e. The van der Waals surface area contributed by atoms with Crippen LogP contribution in [-0.4, -0.2) is 25.2 Å². The molecule has 0 aromatic heterocycles. The van der Waals surface area contributed by atoms with Gasteiger partial charge in [0.15, 0.2) is 0 Å². The number of carbonyl (C=O) groups excluding carboxylic acids is 2. The van der Waals surface area contributed by atoms with Gasteiger partial charge < -0.3 is 15.4 Å². The Morgan fingerprint density at radius 1 is 1.25 bits per heavy atom. The third-order valence-electron chi connectivity index (χ3n) is 2.35. The molecule has 1 aromatic rings. The highest BCUT2D eigenvalue weighted by Gasteiger charge is 2.11. The number of ether oxygens (including phenoxy) is 1. The minimum absolute atomic E-state index is 0.169. The zero-order valence-electron chi connectivity index (χ0n) is 11.0. The normalized spacial score (nSPS) is 9.95. The molecule has 0 spiro atoms. The molecule has 0 bridgehead atoms. The van der Waals surface area contributed by atoms with Gasteiger partial charge in [0.25, 0.3) is 0 Å². The minimum Gasteiger partial charge on any atom is -0.466 e. The van der Waals surface area contributed by atoms with Gasteiger partial charge in [0.1, 0.15) is 17.3 Å². The van der Waals surface area contributed by atoms with Crippen LogP contribution in [-0.2, 0) is 9.53 Å². The molecule has 0 aliphatic carbocycles. The first-order chi connectivity index (χ1) is 9.54. The lowest BCUT2D eigenvalue weighted by molar-refractivity contribution is -0.143. The average Bonchev–Trinajstić information content (AvgIpc) is 2.39. The van der Waals surface area contributed by atoms with Crippen molar-refractivity contribution in [1.82, 2.24) is 5.32 Å². The number of amides is 2. The predicted molar refractivity (Wildman–Crippen MR) is 69.2 cm³/mol. The molecular formula is C13H16F2N2O3. The number of carbonyl (C=O) groups is 2. The van der Waals surface area contributed by atoms with E-state index < -0.39 is 23.4 Å². The maximum absolute atomic E-state index is 13.2. The van der Waals surface area contributed by atoms with Crippen LogP contribution in [0.1, 0.15) is 19.8 Å². The molecule has 1 rings (SSSR count). The van der Waals surface area contributed by atoms with Gasteiger partial charge in [0.05, 0.1) is 6.61 Å². The van der Waals surface area contributed by atoms with Crippen LogP contribution in [0, 0.1) is 11.6 Å². The quantitative estimate of drug-likeness (QED) is 0.623. The molecule has 0 saturated carbocycles. The monoisotopic (exact) mass is 286 g/mol. The number of para-hydroxylation sites is 1. The Bertz CT molecular complexity index is 460. The van der Waals surface area contributed by atoms with E-state index in [0.29, 0.717) is 13.0 Å². The van der Waals surface area contributed by atoms with Crippen LogP contribution < -0.4 is 10.6 Å². The summed E-state index contributed by atoms with van der Waals surface area (Å²) in [6.07, 6.45) is 0.550. The molecule has 0 aliphatic heterocycles. The summed E-state index contributed by atoms with van der Waals surface area (Å²) >= 11 is 0. The highest BCUT2D eigenvalue weighted by Crippen LogP contribution is 2.17. The van der Waals surface area contributed by atoms with Gasteiger partial charge in [0, 0.05) is 13.0 Å². The molecule has 0 aliphatic rings. The maximum atomic E-state index is 13.2.